The predicted octanol–water partition coefficient (Wildman–Crippen LogP) is 0.265. The smallest absolute Gasteiger partial charge is 0.262 e. The number of benzene rings is 1. The van der Waals surface area contributed by atoms with E-state index in [1.807, 2.05) is 0 Å². The molecule has 0 saturated carbocycles. The van der Waals surface area contributed by atoms with Gasteiger partial charge in [0.2, 0.25) is 17.7 Å². The van der Waals surface area contributed by atoms with Crippen LogP contribution < -0.4 is 10.6 Å². The number of carbonyl (C=O) groups excluding carboxylic acids is 5. The molecule has 2 N–H and O–H groups in total. The molecule has 124 valence electrons. The molecule has 1 fully saturated rings. The number of amides is 5. The predicted molar refractivity (Wildman–Crippen MR) is 82.5 cm³/mol. The van der Waals surface area contributed by atoms with Gasteiger partial charge in [-0.3, -0.25) is 34.2 Å². The lowest BCUT2D eigenvalue weighted by Crippen LogP contribution is -2.54. The van der Waals surface area contributed by atoms with Crippen molar-refractivity contribution in [2.45, 2.75) is 18.9 Å². The number of imide groups is 2. The lowest BCUT2D eigenvalue weighted by Gasteiger charge is -2.27. The third kappa shape index (κ3) is 2.65. The maximum atomic E-state index is 12.5. The van der Waals surface area contributed by atoms with Crippen LogP contribution in [0.15, 0.2) is 18.2 Å². The highest BCUT2D eigenvalue weighted by Gasteiger charge is 2.44. The minimum atomic E-state index is -1.02. The molecule has 0 aromatic heterocycles. The average molecular weight is 350 g/mol. The van der Waals surface area contributed by atoms with Gasteiger partial charge >= 0.3 is 0 Å². The lowest BCUT2D eigenvalue weighted by molar-refractivity contribution is -0.136. The monoisotopic (exact) mass is 349 g/mol. The fourth-order valence-corrected chi connectivity index (χ4v) is 2.81. The standard InChI is InChI=1S/C15H12ClN3O5/c16-6-12(21)17-7-1-2-8-9(5-7)15(24)19(14(8)23)10-3-4-11(20)18-13(10)22/h1-2,5,10H,3-4,6H2,(H,17,21)(H,18,20,22). The number of piperidine rings is 1. The van der Waals surface area contributed by atoms with E-state index in [4.69, 9.17) is 11.6 Å². The van der Waals surface area contributed by atoms with Crippen LogP contribution >= 0.6 is 11.6 Å². The first-order valence-electron chi connectivity index (χ1n) is 7.14. The van der Waals surface area contributed by atoms with Gasteiger partial charge in [-0.25, -0.2) is 0 Å². The van der Waals surface area contributed by atoms with Gasteiger partial charge in [0.25, 0.3) is 11.8 Å². The Hall–Kier alpha value is -2.74. The Labute approximate surface area is 141 Å². The van der Waals surface area contributed by atoms with Gasteiger partial charge in [-0.2, -0.15) is 0 Å². The van der Waals surface area contributed by atoms with E-state index in [1.54, 1.807) is 0 Å². The number of nitrogens with one attached hydrogen (secondary N) is 2. The molecule has 9 heteroatoms. The molecule has 1 saturated heterocycles. The van der Waals surface area contributed by atoms with Gasteiger partial charge in [0.05, 0.1) is 11.1 Å². The number of halogens is 1. The fraction of sp³-hybridized carbons (Fsp3) is 0.267. The van der Waals surface area contributed by atoms with E-state index >= 15 is 0 Å². The second-order valence-electron chi connectivity index (χ2n) is 5.39. The molecule has 0 aliphatic carbocycles. The normalized spacial score (nSPS) is 20.0. The summed E-state index contributed by atoms with van der Waals surface area (Å²) in [5, 5.41) is 4.61. The quantitative estimate of drug-likeness (QED) is 0.600. The molecule has 0 bridgehead atoms. The summed E-state index contributed by atoms with van der Waals surface area (Å²) in [4.78, 5) is 60.3. The number of nitrogens with zero attached hydrogens (tertiary/aromatic N) is 1. The maximum Gasteiger partial charge on any atom is 0.262 e. The molecular weight excluding hydrogens is 338 g/mol. The van der Waals surface area contributed by atoms with Crippen LogP contribution in [0.2, 0.25) is 0 Å². The molecule has 0 spiro atoms. The Morgan fingerprint density at radius 1 is 1.21 bits per heavy atom. The van der Waals surface area contributed by atoms with Gasteiger partial charge in [0.15, 0.2) is 0 Å². The first-order chi connectivity index (χ1) is 11.4. The number of fused-ring (bicyclic) bond motifs is 1. The SMILES string of the molecule is O=C1CCC(N2C(=O)c3ccc(NC(=O)CCl)cc3C2=O)C(=O)N1. The molecule has 2 aliphatic rings. The van der Waals surface area contributed by atoms with Gasteiger partial charge < -0.3 is 5.32 Å². The second kappa shape index (κ2) is 6.04. The summed E-state index contributed by atoms with van der Waals surface area (Å²) in [6.45, 7) is 0. The molecular formula is C15H12ClN3O5. The largest absolute Gasteiger partial charge is 0.325 e. The van der Waals surface area contributed by atoms with Crippen molar-refractivity contribution in [1.29, 1.82) is 0 Å². The van der Waals surface area contributed by atoms with Crippen molar-refractivity contribution in [3.63, 3.8) is 0 Å². The number of carbonyl (C=O) groups is 5. The van der Waals surface area contributed by atoms with E-state index in [0.717, 1.165) is 4.90 Å². The van der Waals surface area contributed by atoms with E-state index in [0.29, 0.717) is 5.69 Å². The third-order valence-corrected chi connectivity index (χ3v) is 4.09. The molecule has 8 nitrogen and oxygen atoms in total. The van der Waals surface area contributed by atoms with Crippen LogP contribution in [0.5, 0.6) is 0 Å². The summed E-state index contributed by atoms with van der Waals surface area (Å²) >= 11 is 5.41. The first-order valence-corrected chi connectivity index (χ1v) is 7.67. The zero-order valence-electron chi connectivity index (χ0n) is 12.3. The van der Waals surface area contributed by atoms with Crippen molar-refractivity contribution in [2.75, 3.05) is 11.2 Å². The van der Waals surface area contributed by atoms with Gasteiger partial charge in [-0.05, 0) is 24.6 Å². The molecule has 1 atom stereocenters. The summed E-state index contributed by atoms with van der Waals surface area (Å²) in [5.41, 5.74) is 0.566. The third-order valence-electron chi connectivity index (χ3n) is 3.84. The van der Waals surface area contributed by atoms with Crippen molar-refractivity contribution in [3.05, 3.63) is 29.3 Å². The van der Waals surface area contributed by atoms with Crippen LogP contribution in [0.1, 0.15) is 33.6 Å². The highest BCUT2D eigenvalue weighted by atomic mass is 35.5. The number of hydrogen-bond acceptors (Lipinski definition) is 5. The molecule has 5 amide bonds. The molecule has 24 heavy (non-hydrogen) atoms. The maximum absolute atomic E-state index is 12.5. The molecule has 2 aliphatic heterocycles. The van der Waals surface area contributed by atoms with Crippen LogP contribution in [-0.2, 0) is 14.4 Å². The number of alkyl halides is 1. The number of hydrogen-bond donors (Lipinski definition) is 2. The summed E-state index contributed by atoms with van der Waals surface area (Å²) in [7, 11) is 0. The zero-order valence-corrected chi connectivity index (χ0v) is 13.1. The Morgan fingerprint density at radius 2 is 1.92 bits per heavy atom. The van der Waals surface area contributed by atoms with Crippen molar-refractivity contribution in [2.24, 2.45) is 0 Å². The molecule has 0 radical (unpaired) electrons. The van der Waals surface area contributed by atoms with E-state index in [9.17, 15) is 24.0 Å². The molecule has 1 aromatic carbocycles. The molecule has 3 rings (SSSR count). The number of anilines is 1. The van der Waals surface area contributed by atoms with Gasteiger partial charge in [0.1, 0.15) is 11.9 Å². The van der Waals surface area contributed by atoms with Gasteiger partial charge in [0, 0.05) is 12.1 Å². The van der Waals surface area contributed by atoms with Crippen LogP contribution in [0.3, 0.4) is 0 Å². The first kappa shape index (κ1) is 16.1. The second-order valence-corrected chi connectivity index (χ2v) is 5.66. The lowest BCUT2D eigenvalue weighted by atomic mass is 10.0. The van der Waals surface area contributed by atoms with E-state index in [1.165, 1.54) is 18.2 Å². The number of rotatable bonds is 3. The summed E-state index contributed by atoms with van der Waals surface area (Å²) in [6.07, 6.45) is 0.146. The molecule has 1 unspecified atom stereocenters. The molecule has 1 aromatic rings. The van der Waals surface area contributed by atoms with Crippen LogP contribution in [0.25, 0.3) is 0 Å². The summed E-state index contributed by atoms with van der Waals surface area (Å²) in [6, 6.07) is 3.23. The van der Waals surface area contributed by atoms with Gasteiger partial charge in [-0.1, -0.05) is 0 Å². The highest BCUT2D eigenvalue weighted by molar-refractivity contribution is 6.29. The van der Waals surface area contributed by atoms with Crippen molar-refractivity contribution in [3.8, 4) is 0 Å². The Morgan fingerprint density at radius 3 is 2.58 bits per heavy atom. The Kier molecular flexibility index (Phi) is 4.06. The van der Waals surface area contributed by atoms with Crippen LogP contribution in [-0.4, -0.2) is 46.4 Å². The fourth-order valence-electron chi connectivity index (χ4n) is 2.74. The highest BCUT2D eigenvalue weighted by Crippen LogP contribution is 2.29. The molecule has 2 heterocycles. The summed E-state index contributed by atoms with van der Waals surface area (Å²) in [5.74, 6) is -3.02. The minimum Gasteiger partial charge on any atom is -0.325 e. The van der Waals surface area contributed by atoms with Crippen LogP contribution in [0.4, 0.5) is 5.69 Å². The minimum absolute atomic E-state index is 0.0564. The zero-order chi connectivity index (χ0) is 17.4. The van der Waals surface area contributed by atoms with Crippen molar-refractivity contribution >= 4 is 46.8 Å². The Balaban J connectivity index is 1.89. The summed E-state index contributed by atoms with van der Waals surface area (Å²) < 4.78 is 0. The van der Waals surface area contributed by atoms with E-state index in [-0.39, 0.29) is 29.8 Å². The van der Waals surface area contributed by atoms with Crippen molar-refractivity contribution in [1.82, 2.24) is 10.2 Å². The Bertz CT molecular complexity index is 791. The van der Waals surface area contributed by atoms with Gasteiger partial charge in [-0.15, -0.1) is 11.6 Å². The van der Waals surface area contributed by atoms with E-state index < -0.39 is 35.6 Å². The average Bonchev–Trinajstić information content (AvgIpc) is 2.79. The van der Waals surface area contributed by atoms with Crippen molar-refractivity contribution < 1.29 is 24.0 Å². The topological polar surface area (TPSA) is 113 Å². The van der Waals surface area contributed by atoms with Crippen LogP contribution in [0, 0.1) is 0 Å². The van der Waals surface area contributed by atoms with E-state index in [2.05, 4.69) is 10.6 Å².